The van der Waals surface area contributed by atoms with E-state index in [1.165, 1.54) is 12.7 Å². The normalized spacial score (nSPS) is 27.9. The van der Waals surface area contributed by atoms with Gasteiger partial charge in [0.25, 0.3) is 0 Å². The average Bonchev–Trinajstić information content (AvgIpc) is 2.11. The molecule has 0 saturated heterocycles. The highest BCUT2D eigenvalue weighted by molar-refractivity contribution is 7.88. The minimum atomic E-state index is -3.05. The van der Waals surface area contributed by atoms with Gasteiger partial charge in [0.2, 0.25) is 10.0 Å². The predicted octanol–water partition coefficient (Wildman–Crippen LogP) is -0.605. The summed E-state index contributed by atoms with van der Waals surface area (Å²) in [6.45, 7) is 1.12. The summed E-state index contributed by atoms with van der Waals surface area (Å²) >= 11 is 0. The first-order valence-corrected chi connectivity index (χ1v) is 7.30. The van der Waals surface area contributed by atoms with Crippen molar-refractivity contribution in [1.29, 1.82) is 0 Å². The number of sulfonamides is 1. The molecule has 1 fully saturated rings. The summed E-state index contributed by atoms with van der Waals surface area (Å²) in [6.07, 6.45) is 5.59. The van der Waals surface area contributed by atoms with E-state index in [1.807, 2.05) is 0 Å². The average molecular weight is 235 g/mol. The number of nitrogens with one attached hydrogen (secondary N) is 2. The van der Waals surface area contributed by atoms with Crippen molar-refractivity contribution in [2.75, 3.05) is 19.3 Å². The lowest BCUT2D eigenvalue weighted by Crippen LogP contribution is -2.42. The lowest BCUT2D eigenvalue weighted by Gasteiger charge is -2.27. The van der Waals surface area contributed by atoms with E-state index in [9.17, 15) is 8.42 Å². The first-order valence-electron chi connectivity index (χ1n) is 5.41. The van der Waals surface area contributed by atoms with Crippen molar-refractivity contribution >= 4 is 10.0 Å². The molecule has 1 rings (SSSR count). The minimum absolute atomic E-state index is 0.305. The molecule has 90 valence electrons. The quantitative estimate of drug-likeness (QED) is 0.555. The van der Waals surface area contributed by atoms with Crippen LogP contribution in [0, 0.1) is 0 Å². The van der Waals surface area contributed by atoms with Gasteiger partial charge in [-0.15, -0.1) is 0 Å². The molecule has 2 unspecified atom stereocenters. The molecule has 0 aromatic carbocycles. The van der Waals surface area contributed by atoms with Gasteiger partial charge >= 0.3 is 0 Å². The number of rotatable bonds is 5. The maximum absolute atomic E-state index is 10.8. The zero-order chi connectivity index (χ0) is 11.3. The fourth-order valence-electron chi connectivity index (χ4n) is 1.93. The zero-order valence-electron chi connectivity index (χ0n) is 9.20. The molecule has 0 amide bonds. The first-order chi connectivity index (χ1) is 6.97. The molecule has 0 aromatic heterocycles. The summed E-state index contributed by atoms with van der Waals surface area (Å²) < 4.78 is 24.0. The minimum Gasteiger partial charge on any atom is -0.328 e. The fourth-order valence-corrected chi connectivity index (χ4v) is 2.40. The Balaban J connectivity index is 2.09. The van der Waals surface area contributed by atoms with Crippen LogP contribution in [0.5, 0.6) is 0 Å². The van der Waals surface area contributed by atoms with E-state index in [4.69, 9.17) is 5.73 Å². The van der Waals surface area contributed by atoms with E-state index in [1.54, 1.807) is 0 Å². The highest BCUT2D eigenvalue weighted by atomic mass is 32.2. The van der Waals surface area contributed by atoms with Gasteiger partial charge in [0.1, 0.15) is 0 Å². The highest BCUT2D eigenvalue weighted by Gasteiger charge is 2.18. The maximum atomic E-state index is 10.8. The molecule has 4 N–H and O–H groups in total. The Bertz CT molecular complexity index is 279. The molecule has 0 spiro atoms. The summed E-state index contributed by atoms with van der Waals surface area (Å²) in [5, 5.41) is 3.32. The molecule has 0 heterocycles. The summed E-state index contributed by atoms with van der Waals surface area (Å²) in [5.74, 6) is 0. The molecule has 2 atom stereocenters. The van der Waals surface area contributed by atoms with E-state index >= 15 is 0 Å². The van der Waals surface area contributed by atoms with Crippen molar-refractivity contribution in [3.05, 3.63) is 0 Å². The summed E-state index contributed by atoms with van der Waals surface area (Å²) in [6, 6.07) is 0.759. The van der Waals surface area contributed by atoms with Crippen LogP contribution in [0.3, 0.4) is 0 Å². The SMILES string of the molecule is CS(=O)(=O)NCCNC1CCCC(N)C1. The molecule has 6 heteroatoms. The van der Waals surface area contributed by atoms with Crippen molar-refractivity contribution in [3.63, 3.8) is 0 Å². The van der Waals surface area contributed by atoms with Crippen LogP contribution in [0.25, 0.3) is 0 Å². The lowest BCUT2D eigenvalue weighted by atomic mass is 9.92. The van der Waals surface area contributed by atoms with Crippen molar-refractivity contribution in [1.82, 2.24) is 10.0 Å². The Morgan fingerprint density at radius 2 is 2.07 bits per heavy atom. The third-order valence-corrected chi connectivity index (χ3v) is 3.37. The standard InChI is InChI=1S/C9H21N3O2S/c1-15(13,14)12-6-5-11-9-4-2-3-8(10)7-9/h8-9,11-12H,2-7,10H2,1H3. The molecule has 15 heavy (non-hydrogen) atoms. The molecule has 5 nitrogen and oxygen atoms in total. The van der Waals surface area contributed by atoms with Crippen molar-refractivity contribution < 1.29 is 8.42 Å². The van der Waals surface area contributed by atoms with Gasteiger partial charge in [0.05, 0.1) is 6.26 Å². The summed E-state index contributed by atoms with van der Waals surface area (Å²) in [4.78, 5) is 0. The zero-order valence-corrected chi connectivity index (χ0v) is 10.0. The van der Waals surface area contributed by atoms with Crippen LogP contribution in [-0.2, 0) is 10.0 Å². The van der Waals surface area contributed by atoms with Gasteiger partial charge in [-0.3, -0.25) is 0 Å². The Morgan fingerprint density at radius 1 is 1.33 bits per heavy atom. The Hall–Kier alpha value is -0.170. The third kappa shape index (κ3) is 6.09. The van der Waals surface area contributed by atoms with Crippen LogP contribution in [0.4, 0.5) is 0 Å². The summed E-state index contributed by atoms with van der Waals surface area (Å²) in [7, 11) is -3.05. The fraction of sp³-hybridized carbons (Fsp3) is 1.00. The van der Waals surface area contributed by atoms with E-state index < -0.39 is 10.0 Å². The van der Waals surface area contributed by atoms with Crippen LogP contribution < -0.4 is 15.8 Å². The molecule has 1 aliphatic carbocycles. The van der Waals surface area contributed by atoms with Crippen LogP contribution >= 0.6 is 0 Å². The van der Waals surface area contributed by atoms with Crippen LogP contribution in [0.1, 0.15) is 25.7 Å². The third-order valence-electron chi connectivity index (χ3n) is 2.64. The number of hydrogen-bond donors (Lipinski definition) is 3. The molecular weight excluding hydrogens is 214 g/mol. The second-order valence-corrected chi connectivity index (χ2v) is 6.08. The Morgan fingerprint density at radius 3 is 2.67 bits per heavy atom. The van der Waals surface area contributed by atoms with Crippen molar-refractivity contribution in [2.45, 2.75) is 37.8 Å². The van der Waals surface area contributed by atoms with Gasteiger partial charge in [0.15, 0.2) is 0 Å². The predicted molar refractivity (Wildman–Crippen MR) is 61.1 cm³/mol. The Kier molecular flexibility index (Phi) is 4.98. The van der Waals surface area contributed by atoms with Gasteiger partial charge in [0, 0.05) is 25.2 Å². The first kappa shape index (κ1) is 12.9. The molecular formula is C9H21N3O2S. The second-order valence-electron chi connectivity index (χ2n) is 4.24. The number of nitrogens with two attached hydrogens (primary N) is 1. The molecule has 1 aliphatic rings. The van der Waals surface area contributed by atoms with E-state index in [0.717, 1.165) is 19.3 Å². The second kappa shape index (κ2) is 5.79. The molecule has 0 aliphatic heterocycles. The van der Waals surface area contributed by atoms with Gasteiger partial charge in [-0.1, -0.05) is 6.42 Å². The van der Waals surface area contributed by atoms with Crippen molar-refractivity contribution in [3.8, 4) is 0 Å². The van der Waals surface area contributed by atoms with Crippen LogP contribution in [0.2, 0.25) is 0 Å². The molecule has 1 saturated carbocycles. The number of hydrogen-bond acceptors (Lipinski definition) is 4. The van der Waals surface area contributed by atoms with Gasteiger partial charge in [-0.2, -0.15) is 0 Å². The maximum Gasteiger partial charge on any atom is 0.208 e. The summed E-state index contributed by atoms with van der Waals surface area (Å²) in [5.41, 5.74) is 5.85. The van der Waals surface area contributed by atoms with Crippen LogP contribution in [-0.4, -0.2) is 39.8 Å². The van der Waals surface area contributed by atoms with Gasteiger partial charge < -0.3 is 11.1 Å². The van der Waals surface area contributed by atoms with Crippen LogP contribution in [0.15, 0.2) is 0 Å². The molecule has 0 aromatic rings. The molecule has 0 radical (unpaired) electrons. The topological polar surface area (TPSA) is 84.2 Å². The highest BCUT2D eigenvalue weighted by Crippen LogP contribution is 2.16. The van der Waals surface area contributed by atoms with Gasteiger partial charge in [-0.25, -0.2) is 13.1 Å². The van der Waals surface area contributed by atoms with E-state index in [0.29, 0.717) is 25.2 Å². The van der Waals surface area contributed by atoms with E-state index in [2.05, 4.69) is 10.0 Å². The lowest BCUT2D eigenvalue weighted by molar-refractivity contribution is 0.341. The van der Waals surface area contributed by atoms with Crippen molar-refractivity contribution in [2.24, 2.45) is 5.73 Å². The van der Waals surface area contributed by atoms with E-state index in [-0.39, 0.29) is 0 Å². The smallest absolute Gasteiger partial charge is 0.208 e. The Labute approximate surface area is 91.9 Å². The molecule has 0 bridgehead atoms. The largest absolute Gasteiger partial charge is 0.328 e. The van der Waals surface area contributed by atoms with Gasteiger partial charge in [-0.05, 0) is 19.3 Å². The monoisotopic (exact) mass is 235 g/mol.